The summed E-state index contributed by atoms with van der Waals surface area (Å²) in [5.41, 5.74) is -1.68. The van der Waals surface area contributed by atoms with E-state index in [4.69, 9.17) is 14.2 Å². The molecule has 2 aliphatic rings. The quantitative estimate of drug-likeness (QED) is 0.213. The predicted molar refractivity (Wildman–Crippen MR) is 178 cm³/mol. The highest BCUT2D eigenvalue weighted by atomic mass is 16.6. The molecule has 0 aliphatic carbocycles. The third kappa shape index (κ3) is 14.3. The standard InChI is InChI=1S/C19H36N2O4.C16H31NO2/c1-17(2,3)24-15(22)20-13-9-10-14-11-12-19(7,8)21(14)16(23)25-18(4,5)6;1-7-8-9-10-13-11-12-16(5,6)17(13)14(18)19-15(2,3)4/h14H,9-13H2,1-8H3,(H,20,22);13H,7-12H2,1-6H3. The molecule has 0 aromatic heterocycles. The second kappa shape index (κ2) is 15.9. The Morgan fingerprint density at radius 1 is 0.659 bits per heavy atom. The highest BCUT2D eigenvalue weighted by Gasteiger charge is 2.45. The highest BCUT2D eigenvalue weighted by molar-refractivity contribution is 5.70. The zero-order valence-electron chi connectivity index (χ0n) is 30.8. The molecule has 9 heteroatoms. The normalized spacial score (nSPS) is 21.3. The largest absolute Gasteiger partial charge is 0.444 e. The lowest BCUT2D eigenvalue weighted by Crippen LogP contribution is -2.49. The lowest BCUT2D eigenvalue weighted by molar-refractivity contribution is 0.00156. The van der Waals surface area contributed by atoms with Crippen LogP contribution in [-0.4, -0.2) is 74.6 Å². The Labute approximate surface area is 269 Å². The van der Waals surface area contributed by atoms with E-state index in [1.807, 2.05) is 72.1 Å². The summed E-state index contributed by atoms with van der Waals surface area (Å²) >= 11 is 0. The van der Waals surface area contributed by atoms with Gasteiger partial charge in [0.15, 0.2) is 0 Å². The fourth-order valence-electron chi connectivity index (χ4n) is 5.96. The topological polar surface area (TPSA) is 97.4 Å². The van der Waals surface area contributed by atoms with Gasteiger partial charge in [-0.3, -0.25) is 0 Å². The first kappa shape index (κ1) is 39.8. The third-order valence-corrected chi connectivity index (χ3v) is 7.92. The summed E-state index contributed by atoms with van der Waals surface area (Å²) in [6.07, 6.45) is 9.71. The molecule has 44 heavy (non-hydrogen) atoms. The summed E-state index contributed by atoms with van der Waals surface area (Å²) in [4.78, 5) is 40.6. The number of carbonyl (C=O) groups excluding carboxylic acids is 3. The van der Waals surface area contributed by atoms with E-state index in [0.717, 1.165) is 44.9 Å². The smallest absolute Gasteiger partial charge is 0.410 e. The van der Waals surface area contributed by atoms with E-state index >= 15 is 0 Å². The molecule has 3 amide bonds. The first-order valence-electron chi connectivity index (χ1n) is 16.9. The lowest BCUT2D eigenvalue weighted by Gasteiger charge is -2.37. The number of hydrogen-bond acceptors (Lipinski definition) is 6. The van der Waals surface area contributed by atoms with Crippen molar-refractivity contribution in [3.63, 3.8) is 0 Å². The van der Waals surface area contributed by atoms with Gasteiger partial charge in [-0.1, -0.05) is 26.2 Å². The van der Waals surface area contributed by atoms with Crippen molar-refractivity contribution in [2.45, 2.75) is 201 Å². The van der Waals surface area contributed by atoms with Gasteiger partial charge in [-0.25, -0.2) is 14.4 Å². The number of nitrogens with one attached hydrogen (secondary N) is 1. The third-order valence-electron chi connectivity index (χ3n) is 7.92. The first-order chi connectivity index (χ1) is 19.9. The summed E-state index contributed by atoms with van der Waals surface area (Å²) in [5.74, 6) is 0. The van der Waals surface area contributed by atoms with E-state index in [1.165, 1.54) is 19.3 Å². The van der Waals surface area contributed by atoms with Crippen molar-refractivity contribution in [2.75, 3.05) is 6.54 Å². The van der Waals surface area contributed by atoms with Crippen LogP contribution in [-0.2, 0) is 14.2 Å². The SMILES string of the molecule is CC(C)(C)OC(=O)NCCCC1CCC(C)(C)N1C(=O)OC(C)(C)C.CCCCCC1CCC(C)(C)N1C(=O)OC(C)(C)C. The molecular formula is C35H67N3O6. The van der Waals surface area contributed by atoms with Crippen LogP contribution in [0.3, 0.4) is 0 Å². The maximum absolute atomic E-state index is 12.6. The van der Waals surface area contributed by atoms with Gasteiger partial charge in [0.05, 0.1) is 0 Å². The van der Waals surface area contributed by atoms with Crippen LogP contribution in [0, 0.1) is 0 Å². The Bertz CT molecular complexity index is 926. The van der Waals surface area contributed by atoms with Gasteiger partial charge in [0.2, 0.25) is 0 Å². The van der Waals surface area contributed by atoms with Crippen LogP contribution >= 0.6 is 0 Å². The second-order valence-electron chi connectivity index (χ2n) is 16.8. The number of carbonyl (C=O) groups is 3. The number of ether oxygens (including phenoxy) is 3. The number of amides is 3. The van der Waals surface area contributed by atoms with Gasteiger partial charge in [0, 0.05) is 29.7 Å². The molecule has 0 spiro atoms. The van der Waals surface area contributed by atoms with Crippen LogP contribution in [0.2, 0.25) is 0 Å². The molecule has 0 saturated carbocycles. The van der Waals surface area contributed by atoms with Gasteiger partial charge in [-0.05, 0) is 135 Å². The molecule has 1 N–H and O–H groups in total. The van der Waals surface area contributed by atoms with Crippen molar-refractivity contribution in [1.82, 2.24) is 15.1 Å². The molecule has 2 heterocycles. The lowest BCUT2D eigenvalue weighted by atomic mass is 10.0. The molecule has 0 bridgehead atoms. The molecule has 2 atom stereocenters. The van der Waals surface area contributed by atoms with Crippen LogP contribution < -0.4 is 5.32 Å². The number of likely N-dealkylation sites (tertiary alicyclic amines) is 2. The minimum Gasteiger partial charge on any atom is -0.444 e. The van der Waals surface area contributed by atoms with Gasteiger partial charge in [0.1, 0.15) is 16.8 Å². The van der Waals surface area contributed by atoms with Crippen molar-refractivity contribution < 1.29 is 28.6 Å². The predicted octanol–water partition coefficient (Wildman–Crippen LogP) is 9.21. The van der Waals surface area contributed by atoms with Crippen molar-refractivity contribution >= 4 is 18.3 Å². The van der Waals surface area contributed by atoms with E-state index in [9.17, 15) is 14.4 Å². The molecule has 2 rings (SSSR count). The van der Waals surface area contributed by atoms with E-state index in [0.29, 0.717) is 12.6 Å². The average molecular weight is 626 g/mol. The van der Waals surface area contributed by atoms with Gasteiger partial charge >= 0.3 is 18.3 Å². The Morgan fingerprint density at radius 3 is 1.41 bits per heavy atom. The Hall–Kier alpha value is -2.19. The average Bonchev–Trinajstić information content (AvgIpc) is 3.28. The fraction of sp³-hybridized carbons (Fsp3) is 0.914. The van der Waals surface area contributed by atoms with Crippen molar-refractivity contribution in [2.24, 2.45) is 0 Å². The molecule has 258 valence electrons. The molecule has 2 fully saturated rings. The molecular weight excluding hydrogens is 558 g/mol. The van der Waals surface area contributed by atoms with Gasteiger partial charge in [-0.2, -0.15) is 0 Å². The fourth-order valence-corrected chi connectivity index (χ4v) is 5.96. The van der Waals surface area contributed by atoms with Crippen LogP contribution in [0.15, 0.2) is 0 Å². The summed E-state index contributed by atoms with van der Waals surface area (Å²) in [6, 6.07) is 0.502. The van der Waals surface area contributed by atoms with E-state index in [1.54, 1.807) is 0 Å². The Balaban J connectivity index is 0.000000457. The number of alkyl carbamates (subject to hydrolysis) is 1. The number of rotatable bonds is 8. The van der Waals surface area contributed by atoms with Gasteiger partial charge in [0.25, 0.3) is 0 Å². The molecule has 2 saturated heterocycles. The molecule has 0 radical (unpaired) electrons. The molecule has 0 aromatic rings. The monoisotopic (exact) mass is 626 g/mol. The first-order valence-corrected chi connectivity index (χ1v) is 16.9. The van der Waals surface area contributed by atoms with Gasteiger partial charge in [-0.15, -0.1) is 0 Å². The Morgan fingerprint density at radius 2 is 1.05 bits per heavy atom. The maximum atomic E-state index is 12.6. The van der Waals surface area contributed by atoms with Crippen molar-refractivity contribution in [1.29, 1.82) is 0 Å². The maximum Gasteiger partial charge on any atom is 0.410 e. The van der Waals surface area contributed by atoms with Crippen LogP contribution in [0.25, 0.3) is 0 Å². The number of nitrogens with zero attached hydrogens (tertiary/aromatic N) is 2. The molecule has 2 unspecified atom stereocenters. The minimum atomic E-state index is -0.501. The molecule has 0 aromatic carbocycles. The number of hydrogen-bond donors (Lipinski definition) is 1. The van der Waals surface area contributed by atoms with Crippen LogP contribution in [0.4, 0.5) is 14.4 Å². The van der Waals surface area contributed by atoms with Crippen molar-refractivity contribution in [3.05, 3.63) is 0 Å². The highest BCUT2D eigenvalue weighted by Crippen LogP contribution is 2.38. The number of unbranched alkanes of at least 4 members (excludes halogenated alkanes) is 2. The summed E-state index contributed by atoms with van der Waals surface area (Å²) in [5, 5.41) is 2.77. The zero-order valence-corrected chi connectivity index (χ0v) is 30.8. The summed E-state index contributed by atoms with van der Waals surface area (Å²) in [7, 11) is 0. The van der Waals surface area contributed by atoms with Gasteiger partial charge < -0.3 is 29.3 Å². The zero-order chi connectivity index (χ0) is 34.1. The van der Waals surface area contributed by atoms with Crippen molar-refractivity contribution in [3.8, 4) is 0 Å². The Kier molecular flexibility index (Phi) is 14.4. The van der Waals surface area contributed by atoms with E-state index in [-0.39, 0.29) is 29.3 Å². The van der Waals surface area contributed by atoms with Crippen LogP contribution in [0.5, 0.6) is 0 Å². The molecule has 2 aliphatic heterocycles. The summed E-state index contributed by atoms with van der Waals surface area (Å²) < 4.78 is 16.4. The van der Waals surface area contributed by atoms with E-state index < -0.39 is 22.9 Å². The van der Waals surface area contributed by atoms with Crippen LogP contribution in [0.1, 0.15) is 161 Å². The second-order valence-corrected chi connectivity index (χ2v) is 16.8. The summed E-state index contributed by atoms with van der Waals surface area (Å²) in [6.45, 7) is 28.2. The minimum absolute atomic E-state index is 0.0702. The van der Waals surface area contributed by atoms with E-state index in [2.05, 4.69) is 39.9 Å². The molecule has 9 nitrogen and oxygen atoms in total.